The van der Waals surface area contributed by atoms with Crippen LogP contribution in [0.15, 0.2) is 0 Å². The lowest BCUT2D eigenvalue weighted by atomic mass is 9.84. The topological polar surface area (TPSA) is 29.5 Å². The van der Waals surface area contributed by atoms with E-state index in [1.54, 1.807) is 7.11 Å². The summed E-state index contributed by atoms with van der Waals surface area (Å²) in [7, 11) is 1.66. The van der Waals surface area contributed by atoms with Gasteiger partial charge in [-0.2, -0.15) is 0 Å². The summed E-state index contributed by atoms with van der Waals surface area (Å²) in [5.41, 5.74) is -0.904. The third kappa shape index (κ3) is 1.95. The molecule has 0 aromatic rings. The van der Waals surface area contributed by atoms with Crippen LogP contribution in [0.4, 0.5) is 0 Å². The van der Waals surface area contributed by atoms with Gasteiger partial charge in [0.15, 0.2) is 0 Å². The van der Waals surface area contributed by atoms with E-state index in [1.165, 1.54) is 0 Å². The molecular weight excluding hydrogens is 140 g/mol. The predicted octanol–water partition coefficient (Wildman–Crippen LogP) is 0.940. The van der Waals surface area contributed by atoms with Gasteiger partial charge in [-0.3, -0.25) is 0 Å². The minimum atomic E-state index is -0.904. The zero-order valence-corrected chi connectivity index (χ0v) is 6.84. The van der Waals surface area contributed by atoms with E-state index in [4.69, 9.17) is 11.2 Å². The maximum atomic E-state index is 9.67. The van der Waals surface area contributed by atoms with Gasteiger partial charge in [0.25, 0.3) is 0 Å². The van der Waals surface area contributed by atoms with Crippen LogP contribution in [0.3, 0.4) is 0 Å². The second kappa shape index (κ2) is 3.25. The van der Waals surface area contributed by atoms with E-state index in [0.29, 0.717) is 12.8 Å². The molecule has 2 nitrogen and oxygen atoms in total. The van der Waals surface area contributed by atoms with E-state index in [2.05, 4.69) is 5.92 Å². The maximum absolute atomic E-state index is 9.67. The Morgan fingerprint density at radius 1 is 1.73 bits per heavy atom. The molecular formula is C9H14O2. The average molecular weight is 154 g/mol. The van der Waals surface area contributed by atoms with Crippen molar-refractivity contribution < 1.29 is 9.84 Å². The Bertz CT molecular complexity index is 171. The Labute approximate surface area is 67.6 Å². The lowest BCUT2D eigenvalue weighted by molar-refractivity contribution is -0.0237. The second-order valence-corrected chi connectivity index (χ2v) is 3.13. The molecule has 1 fully saturated rings. The van der Waals surface area contributed by atoms with Gasteiger partial charge in [0.1, 0.15) is 5.60 Å². The zero-order valence-electron chi connectivity index (χ0n) is 6.84. The Balaban J connectivity index is 2.53. The van der Waals surface area contributed by atoms with Gasteiger partial charge in [0.05, 0.1) is 6.10 Å². The van der Waals surface area contributed by atoms with Crippen molar-refractivity contribution in [1.82, 2.24) is 0 Å². The molecule has 11 heavy (non-hydrogen) atoms. The molecule has 0 heterocycles. The number of ether oxygens (including phenoxy) is 1. The molecule has 2 heteroatoms. The summed E-state index contributed by atoms with van der Waals surface area (Å²) in [4.78, 5) is 0. The maximum Gasteiger partial charge on any atom is 0.127 e. The largest absolute Gasteiger partial charge is 0.381 e. The van der Waals surface area contributed by atoms with Crippen LogP contribution in [-0.4, -0.2) is 23.9 Å². The zero-order chi connectivity index (χ0) is 8.32. The van der Waals surface area contributed by atoms with Crippen LogP contribution in [0.2, 0.25) is 0 Å². The van der Waals surface area contributed by atoms with Crippen molar-refractivity contribution >= 4 is 0 Å². The number of hydrogen-bond acceptors (Lipinski definition) is 2. The first-order chi connectivity index (χ1) is 5.20. The molecule has 0 aromatic carbocycles. The van der Waals surface area contributed by atoms with Crippen molar-refractivity contribution in [1.29, 1.82) is 0 Å². The molecule has 1 rings (SSSR count). The lowest BCUT2D eigenvalue weighted by Gasteiger charge is -2.31. The van der Waals surface area contributed by atoms with Crippen molar-refractivity contribution in [2.45, 2.75) is 37.4 Å². The molecule has 1 aliphatic carbocycles. The van der Waals surface area contributed by atoms with Crippen molar-refractivity contribution in [3.05, 3.63) is 0 Å². The minimum Gasteiger partial charge on any atom is -0.381 e. The Morgan fingerprint density at radius 3 is 3.00 bits per heavy atom. The first kappa shape index (κ1) is 8.58. The minimum absolute atomic E-state index is 0.143. The summed E-state index contributed by atoms with van der Waals surface area (Å²) in [5, 5.41) is 9.67. The number of hydrogen-bond donors (Lipinski definition) is 1. The SMILES string of the molecule is C#C[C@]1(O)CCC[C@@H](OC)C1. The number of aliphatic hydroxyl groups is 1. The van der Waals surface area contributed by atoms with Crippen LogP contribution >= 0.6 is 0 Å². The summed E-state index contributed by atoms with van der Waals surface area (Å²) in [6.45, 7) is 0. The molecule has 0 amide bonds. The van der Waals surface area contributed by atoms with Gasteiger partial charge in [0, 0.05) is 13.5 Å². The summed E-state index contributed by atoms with van der Waals surface area (Å²) < 4.78 is 5.13. The molecule has 2 atom stereocenters. The molecule has 1 saturated carbocycles. The van der Waals surface area contributed by atoms with Crippen molar-refractivity contribution in [2.75, 3.05) is 7.11 Å². The van der Waals surface area contributed by atoms with Crippen molar-refractivity contribution in [3.63, 3.8) is 0 Å². The molecule has 0 unspecified atom stereocenters. The highest BCUT2D eigenvalue weighted by Gasteiger charge is 2.32. The van der Waals surface area contributed by atoms with E-state index in [9.17, 15) is 5.11 Å². The summed E-state index contributed by atoms with van der Waals surface area (Å²) >= 11 is 0. The molecule has 1 aliphatic rings. The van der Waals surface area contributed by atoms with Gasteiger partial charge < -0.3 is 9.84 Å². The Morgan fingerprint density at radius 2 is 2.45 bits per heavy atom. The monoisotopic (exact) mass is 154 g/mol. The summed E-state index contributed by atoms with van der Waals surface area (Å²) in [6, 6.07) is 0. The smallest absolute Gasteiger partial charge is 0.127 e. The summed E-state index contributed by atoms with van der Waals surface area (Å²) in [5.74, 6) is 2.42. The molecule has 0 aliphatic heterocycles. The van der Waals surface area contributed by atoms with Gasteiger partial charge >= 0.3 is 0 Å². The first-order valence-corrected chi connectivity index (χ1v) is 3.93. The molecule has 1 N–H and O–H groups in total. The fraction of sp³-hybridized carbons (Fsp3) is 0.778. The van der Waals surface area contributed by atoms with Crippen LogP contribution in [0.25, 0.3) is 0 Å². The fourth-order valence-electron chi connectivity index (χ4n) is 1.54. The number of terminal acetylenes is 1. The molecule has 0 saturated heterocycles. The lowest BCUT2D eigenvalue weighted by Crippen LogP contribution is -2.36. The average Bonchev–Trinajstić information content (AvgIpc) is 2.05. The van der Waals surface area contributed by atoms with Crippen LogP contribution in [0, 0.1) is 12.3 Å². The van der Waals surface area contributed by atoms with Gasteiger partial charge in [-0.05, 0) is 19.3 Å². The van der Waals surface area contributed by atoms with Crippen LogP contribution in [0.5, 0.6) is 0 Å². The fourth-order valence-corrected chi connectivity index (χ4v) is 1.54. The molecule has 0 bridgehead atoms. The third-order valence-electron chi connectivity index (χ3n) is 2.28. The number of rotatable bonds is 1. The molecule has 0 aromatic heterocycles. The quantitative estimate of drug-likeness (QED) is 0.569. The van der Waals surface area contributed by atoms with E-state index in [-0.39, 0.29) is 6.10 Å². The predicted molar refractivity (Wildman–Crippen MR) is 43.0 cm³/mol. The summed E-state index contributed by atoms with van der Waals surface area (Å²) in [6.07, 6.45) is 8.61. The standard InChI is InChI=1S/C9H14O2/c1-3-9(10)6-4-5-8(7-9)11-2/h1,8,10H,4-7H2,2H3/t8-,9+/m1/s1. The highest BCUT2D eigenvalue weighted by atomic mass is 16.5. The second-order valence-electron chi connectivity index (χ2n) is 3.13. The van der Waals surface area contributed by atoms with Crippen molar-refractivity contribution in [2.24, 2.45) is 0 Å². The highest BCUT2D eigenvalue weighted by molar-refractivity contribution is 5.09. The molecule has 62 valence electrons. The van der Waals surface area contributed by atoms with Crippen LogP contribution < -0.4 is 0 Å². The highest BCUT2D eigenvalue weighted by Crippen LogP contribution is 2.28. The Hall–Kier alpha value is -0.520. The molecule has 0 spiro atoms. The van der Waals surface area contributed by atoms with Crippen molar-refractivity contribution in [3.8, 4) is 12.3 Å². The van der Waals surface area contributed by atoms with E-state index in [0.717, 1.165) is 12.8 Å². The van der Waals surface area contributed by atoms with E-state index >= 15 is 0 Å². The van der Waals surface area contributed by atoms with E-state index in [1.807, 2.05) is 0 Å². The molecule has 0 radical (unpaired) electrons. The number of methoxy groups -OCH3 is 1. The van der Waals surface area contributed by atoms with E-state index < -0.39 is 5.60 Å². The van der Waals surface area contributed by atoms with Gasteiger partial charge in [-0.25, -0.2) is 0 Å². The van der Waals surface area contributed by atoms with Crippen LogP contribution in [0.1, 0.15) is 25.7 Å². The van der Waals surface area contributed by atoms with Gasteiger partial charge in [-0.15, -0.1) is 6.42 Å². The Kier molecular flexibility index (Phi) is 2.53. The van der Waals surface area contributed by atoms with Crippen LogP contribution in [-0.2, 0) is 4.74 Å². The normalized spacial score (nSPS) is 38.1. The first-order valence-electron chi connectivity index (χ1n) is 3.93. The third-order valence-corrected chi connectivity index (χ3v) is 2.28. The van der Waals surface area contributed by atoms with Gasteiger partial charge in [0.2, 0.25) is 0 Å². The van der Waals surface area contributed by atoms with Gasteiger partial charge in [-0.1, -0.05) is 5.92 Å².